The Bertz CT molecular complexity index is 1120. The Labute approximate surface area is 212 Å². The Morgan fingerprint density at radius 3 is 2.35 bits per heavy atom. The van der Waals surface area contributed by atoms with Gasteiger partial charge < -0.3 is 10.2 Å². The molecule has 1 N–H and O–H groups in total. The van der Waals surface area contributed by atoms with Crippen LogP contribution in [0.4, 0.5) is 5.69 Å². The summed E-state index contributed by atoms with van der Waals surface area (Å²) < 4.78 is 26.3. The summed E-state index contributed by atoms with van der Waals surface area (Å²) in [5.41, 5.74) is 1.83. The van der Waals surface area contributed by atoms with E-state index in [-0.39, 0.29) is 12.5 Å². The van der Waals surface area contributed by atoms with E-state index in [1.807, 2.05) is 19.9 Å². The maximum Gasteiger partial charge on any atom is 0.244 e. The van der Waals surface area contributed by atoms with Crippen molar-refractivity contribution in [3.8, 4) is 0 Å². The van der Waals surface area contributed by atoms with Crippen molar-refractivity contribution in [1.29, 1.82) is 0 Å². The lowest BCUT2D eigenvalue weighted by Crippen LogP contribution is -2.52. The fourth-order valence-corrected chi connectivity index (χ4v) is 4.83. The normalized spacial score (nSPS) is 12.2. The smallest absolute Gasteiger partial charge is 0.244 e. The Hall–Kier alpha value is -2.29. The molecule has 2 aromatic rings. The van der Waals surface area contributed by atoms with Crippen LogP contribution in [0.25, 0.3) is 0 Å². The lowest BCUT2D eigenvalue weighted by molar-refractivity contribution is -0.140. The van der Waals surface area contributed by atoms with E-state index in [1.165, 1.54) is 4.90 Å². The fourth-order valence-electron chi connectivity index (χ4n) is 3.52. The van der Waals surface area contributed by atoms with Gasteiger partial charge in [-0.1, -0.05) is 55.2 Å². The second-order valence-corrected chi connectivity index (χ2v) is 10.8. The molecule has 0 radical (unpaired) electrons. The van der Waals surface area contributed by atoms with E-state index >= 15 is 0 Å². The summed E-state index contributed by atoms with van der Waals surface area (Å²) in [5, 5.41) is 3.63. The number of aryl methyl sites for hydroxylation is 1. The molecule has 0 unspecified atom stereocenters. The van der Waals surface area contributed by atoms with Crippen LogP contribution in [0.15, 0.2) is 42.5 Å². The van der Waals surface area contributed by atoms with Crippen molar-refractivity contribution < 1.29 is 18.0 Å². The molecule has 2 amide bonds. The van der Waals surface area contributed by atoms with Gasteiger partial charge in [-0.2, -0.15) is 0 Å². The van der Waals surface area contributed by atoms with Crippen LogP contribution in [-0.2, 0) is 26.2 Å². The third-order valence-corrected chi connectivity index (χ3v) is 6.99. The Balaban J connectivity index is 2.46. The number of rotatable bonds is 11. The van der Waals surface area contributed by atoms with E-state index < -0.39 is 28.5 Å². The number of hydrogen-bond donors (Lipinski definition) is 1. The molecule has 1 atom stereocenters. The second kappa shape index (κ2) is 12.4. The maximum atomic E-state index is 13.6. The highest BCUT2D eigenvalue weighted by atomic mass is 35.5. The van der Waals surface area contributed by atoms with Crippen molar-refractivity contribution in [2.75, 3.05) is 23.7 Å². The number of halogens is 2. The molecule has 0 saturated heterocycles. The van der Waals surface area contributed by atoms with Crippen LogP contribution in [0, 0.1) is 6.92 Å². The third kappa shape index (κ3) is 7.61. The molecule has 7 nitrogen and oxygen atoms in total. The lowest BCUT2D eigenvalue weighted by Gasteiger charge is -2.33. The van der Waals surface area contributed by atoms with Crippen LogP contribution in [0.5, 0.6) is 0 Å². The van der Waals surface area contributed by atoms with Crippen LogP contribution in [0.3, 0.4) is 0 Å². The van der Waals surface area contributed by atoms with E-state index in [1.54, 1.807) is 43.3 Å². The van der Waals surface area contributed by atoms with Crippen LogP contribution >= 0.6 is 23.2 Å². The van der Waals surface area contributed by atoms with Gasteiger partial charge in [-0.15, -0.1) is 0 Å². The zero-order valence-corrected chi connectivity index (χ0v) is 22.2. The minimum atomic E-state index is -3.78. The Morgan fingerprint density at radius 2 is 1.79 bits per heavy atom. The van der Waals surface area contributed by atoms with Gasteiger partial charge in [0.1, 0.15) is 12.6 Å². The number of nitrogens with one attached hydrogen (secondary N) is 1. The van der Waals surface area contributed by atoms with Gasteiger partial charge in [-0.25, -0.2) is 8.42 Å². The van der Waals surface area contributed by atoms with E-state index in [4.69, 9.17) is 23.2 Å². The molecule has 10 heteroatoms. The number of benzene rings is 2. The van der Waals surface area contributed by atoms with Crippen LogP contribution in [0.1, 0.15) is 37.8 Å². The summed E-state index contributed by atoms with van der Waals surface area (Å²) in [6.45, 7) is 5.62. The SMILES string of the molecule is CCCNC(=O)[C@@H](CC)N(Cc1ccc(Cl)cc1Cl)C(=O)CN(c1cccc(C)c1)S(C)(=O)=O. The Morgan fingerprint density at radius 1 is 1.09 bits per heavy atom. The first-order valence-electron chi connectivity index (χ1n) is 11.0. The lowest BCUT2D eigenvalue weighted by atomic mass is 10.1. The van der Waals surface area contributed by atoms with Crippen molar-refractivity contribution in [2.45, 2.75) is 46.2 Å². The van der Waals surface area contributed by atoms with Crippen LogP contribution < -0.4 is 9.62 Å². The molecule has 0 aromatic heterocycles. The first-order chi connectivity index (χ1) is 16.0. The summed E-state index contributed by atoms with van der Waals surface area (Å²) >= 11 is 12.4. The standard InChI is InChI=1S/C24H31Cl2N3O4S/c1-5-12-27-24(31)22(6-2)28(15-18-10-11-19(25)14-21(18)26)23(30)16-29(34(4,32)33)20-9-7-8-17(3)13-20/h7-11,13-14,22H,5-6,12,15-16H2,1-4H3,(H,27,31)/t22-/m1/s1. The monoisotopic (exact) mass is 527 g/mol. The first kappa shape index (κ1) is 28.0. The molecule has 2 rings (SSSR count). The van der Waals surface area contributed by atoms with Gasteiger partial charge in [0.15, 0.2) is 0 Å². The zero-order valence-electron chi connectivity index (χ0n) is 19.8. The van der Waals surface area contributed by atoms with Crippen molar-refractivity contribution in [3.05, 3.63) is 63.6 Å². The molecule has 0 spiro atoms. The molecule has 0 aliphatic carbocycles. The molecule has 0 heterocycles. The number of amides is 2. The highest BCUT2D eigenvalue weighted by Gasteiger charge is 2.32. The summed E-state index contributed by atoms with van der Waals surface area (Å²) in [7, 11) is -3.78. The second-order valence-electron chi connectivity index (χ2n) is 8.08. The number of sulfonamides is 1. The zero-order chi connectivity index (χ0) is 25.5. The number of anilines is 1. The minimum Gasteiger partial charge on any atom is -0.354 e. The molecule has 0 fully saturated rings. The van der Waals surface area contributed by atoms with Crippen molar-refractivity contribution in [2.24, 2.45) is 0 Å². The third-order valence-electron chi connectivity index (χ3n) is 5.26. The van der Waals surface area contributed by atoms with Crippen molar-refractivity contribution >= 4 is 50.7 Å². The van der Waals surface area contributed by atoms with E-state index in [2.05, 4.69) is 5.32 Å². The maximum absolute atomic E-state index is 13.6. The van der Waals surface area contributed by atoms with Gasteiger partial charge in [0.05, 0.1) is 11.9 Å². The van der Waals surface area contributed by atoms with Gasteiger partial charge in [-0.3, -0.25) is 13.9 Å². The van der Waals surface area contributed by atoms with Gasteiger partial charge in [-0.05, 0) is 55.2 Å². The van der Waals surface area contributed by atoms with Crippen LogP contribution in [-0.4, -0.2) is 50.5 Å². The van der Waals surface area contributed by atoms with Crippen molar-refractivity contribution in [3.63, 3.8) is 0 Å². The van der Waals surface area contributed by atoms with Gasteiger partial charge in [0.2, 0.25) is 21.8 Å². The molecule has 34 heavy (non-hydrogen) atoms. The summed E-state index contributed by atoms with van der Waals surface area (Å²) in [4.78, 5) is 27.9. The molecule has 0 aliphatic heterocycles. The van der Waals surface area contributed by atoms with E-state index in [0.29, 0.717) is 34.3 Å². The highest BCUT2D eigenvalue weighted by molar-refractivity contribution is 7.92. The number of hydrogen-bond acceptors (Lipinski definition) is 4. The largest absolute Gasteiger partial charge is 0.354 e. The predicted octanol–water partition coefficient (Wildman–Crippen LogP) is 4.40. The number of carbonyl (C=O) groups is 2. The highest BCUT2D eigenvalue weighted by Crippen LogP contribution is 2.25. The van der Waals surface area contributed by atoms with E-state index in [0.717, 1.165) is 22.5 Å². The fraction of sp³-hybridized carbons (Fsp3) is 0.417. The summed E-state index contributed by atoms with van der Waals surface area (Å²) in [6.07, 6.45) is 2.14. The topological polar surface area (TPSA) is 86.8 Å². The summed E-state index contributed by atoms with van der Waals surface area (Å²) in [6, 6.07) is 11.0. The molecule has 0 saturated carbocycles. The quantitative estimate of drug-likeness (QED) is 0.469. The molecule has 0 bridgehead atoms. The van der Waals surface area contributed by atoms with Gasteiger partial charge in [0, 0.05) is 23.1 Å². The molecule has 186 valence electrons. The van der Waals surface area contributed by atoms with Crippen molar-refractivity contribution in [1.82, 2.24) is 10.2 Å². The van der Waals surface area contributed by atoms with E-state index in [9.17, 15) is 18.0 Å². The number of carbonyl (C=O) groups excluding carboxylic acids is 2. The van der Waals surface area contributed by atoms with Crippen LogP contribution in [0.2, 0.25) is 10.0 Å². The first-order valence-corrected chi connectivity index (χ1v) is 13.6. The minimum absolute atomic E-state index is 0.0261. The average Bonchev–Trinajstić information content (AvgIpc) is 2.76. The summed E-state index contributed by atoms with van der Waals surface area (Å²) in [5.74, 6) is -0.819. The van der Waals surface area contributed by atoms with Gasteiger partial charge in [0.25, 0.3) is 0 Å². The molecular weight excluding hydrogens is 497 g/mol. The molecule has 2 aromatic carbocycles. The Kier molecular flexibility index (Phi) is 10.2. The predicted molar refractivity (Wildman–Crippen MR) is 138 cm³/mol. The molecular formula is C24H31Cl2N3O4S. The number of nitrogens with zero attached hydrogens (tertiary/aromatic N) is 2. The molecule has 0 aliphatic rings. The van der Waals surface area contributed by atoms with Gasteiger partial charge >= 0.3 is 0 Å². The average molecular weight is 529 g/mol.